The molecule has 4 saturated heterocycles. The fraction of sp³-hybridized carbons (Fsp3) is 0.672. The second kappa shape index (κ2) is 35.3. The maximum atomic E-state index is 14.9. The van der Waals surface area contributed by atoms with Crippen LogP contribution in [0.4, 0.5) is 0 Å². The van der Waals surface area contributed by atoms with Crippen LogP contribution in [-0.4, -0.2) is 234 Å². The molecule has 91 heavy (non-hydrogen) atoms. The number of aryl methyl sites for hydroxylation is 1. The zero-order chi connectivity index (χ0) is 67.4. The van der Waals surface area contributed by atoms with E-state index in [-0.39, 0.29) is 70.5 Å². The van der Waals surface area contributed by atoms with E-state index in [0.717, 1.165) is 16.5 Å². The van der Waals surface area contributed by atoms with Gasteiger partial charge in [-0.05, 0) is 102 Å². The summed E-state index contributed by atoms with van der Waals surface area (Å²) in [5.41, 5.74) is 5.67. The molecule has 0 bridgehead atoms. The number of aliphatic hydroxyl groups excluding tert-OH is 6. The normalized spacial score (nSPS) is 28.4. The van der Waals surface area contributed by atoms with E-state index in [1.54, 1.807) is 58.0 Å². The minimum atomic E-state index is -2.33. The largest absolute Gasteiger partial charge is 0.394 e. The van der Waals surface area contributed by atoms with Crippen molar-refractivity contribution in [2.75, 3.05) is 32.8 Å². The van der Waals surface area contributed by atoms with Crippen molar-refractivity contribution >= 4 is 70.9 Å². The Morgan fingerprint density at radius 1 is 0.637 bits per heavy atom. The van der Waals surface area contributed by atoms with Gasteiger partial charge < -0.3 is 93.6 Å². The monoisotopic (exact) mass is 1280 g/mol. The summed E-state index contributed by atoms with van der Waals surface area (Å²) in [7, 11) is 0. The van der Waals surface area contributed by atoms with Crippen molar-refractivity contribution in [2.24, 2.45) is 17.6 Å². The number of amides is 12. The smallest absolute Gasteiger partial charge is 0.268 e. The van der Waals surface area contributed by atoms with Crippen LogP contribution in [0.25, 0.3) is 0 Å². The molecule has 1 aromatic rings. The average molecular weight is 1280 g/mol. The molecule has 4 fully saturated rings. The molecule has 0 aromatic heterocycles. The summed E-state index contributed by atoms with van der Waals surface area (Å²) in [6.45, 7) is 7.81. The average Bonchev–Trinajstić information content (AvgIpc) is 1.79. The van der Waals surface area contributed by atoms with Gasteiger partial charge in [-0.15, -0.1) is 0 Å². The highest BCUT2D eigenvalue weighted by Gasteiger charge is 2.45. The molecule has 1 aromatic carbocycles. The Morgan fingerprint density at radius 2 is 1.20 bits per heavy atom. The number of aliphatic hydroxyl groups is 6. The lowest BCUT2D eigenvalue weighted by atomic mass is 9.94. The molecule has 15 atom stereocenters. The van der Waals surface area contributed by atoms with Crippen LogP contribution in [0.3, 0.4) is 0 Å². The molecule has 30 nitrogen and oxygen atoms in total. The summed E-state index contributed by atoms with van der Waals surface area (Å²) >= 11 is 0. The predicted octanol–water partition coefficient (Wildman–Crippen LogP) is -4.39. The minimum Gasteiger partial charge on any atom is -0.394 e. The Hall–Kier alpha value is -7.64. The highest BCUT2D eigenvalue weighted by atomic mass is 16.3. The summed E-state index contributed by atoms with van der Waals surface area (Å²) in [6.07, 6.45) is -7.72. The molecular weight excluding hydrogens is 1190 g/mol. The maximum absolute atomic E-state index is 14.9. The Morgan fingerprint density at radius 3 is 1.78 bits per heavy atom. The number of fused-ring (bicyclic) bond motifs is 3. The van der Waals surface area contributed by atoms with Crippen LogP contribution in [0.5, 0.6) is 0 Å². The molecule has 4 aliphatic heterocycles. The number of rotatable bonds is 17. The zero-order valence-corrected chi connectivity index (χ0v) is 52.6. The Bertz CT molecular complexity index is 2770. The lowest BCUT2D eigenvalue weighted by Gasteiger charge is -2.33. The Kier molecular flexibility index (Phi) is 28.7. The Balaban J connectivity index is 1.54. The van der Waals surface area contributed by atoms with Crippen molar-refractivity contribution in [1.29, 1.82) is 0 Å². The molecule has 4 aliphatic rings. The first kappa shape index (κ1) is 74.1. The fourth-order valence-corrected chi connectivity index (χ4v) is 11.7. The van der Waals surface area contributed by atoms with E-state index < -0.39 is 206 Å². The zero-order valence-electron chi connectivity index (χ0n) is 52.6. The summed E-state index contributed by atoms with van der Waals surface area (Å²) < 4.78 is 0. The third kappa shape index (κ3) is 20.9. The molecule has 0 radical (unpaired) electrons. The number of allylic oxidation sites excluding steroid dienone is 1. The lowest BCUT2D eigenvalue weighted by molar-refractivity contribution is -0.147. The molecule has 16 N–H and O–H groups in total. The van der Waals surface area contributed by atoms with Crippen LogP contribution >= 0.6 is 0 Å². The van der Waals surface area contributed by atoms with Gasteiger partial charge in [0.15, 0.2) is 6.10 Å². The van der Waals surface area contributed by atoms with E-state index in [9.17, 15) is 88.2 Å². The molecule has 0 spiro atoms. The van der Waals surface area contributed by atoms with Crippen LogP contribution in [0.2, 0.25) is 0 Å². The predicted molar refractivity (Wildman–Crippen MR) is 325 cm³/mol. The van der Waals surface area contributed by atoms with E-state index in [1.807, 2.05) is 0 Å². The number of carbonyl (C=O) groups is 12. The van der Waals surface area contributed by atoms with Crippen LogP contribution in [0, 0.1) is 11.8 Å². The van der Waals surface area contributed by atoms with Gasteiger partial charge in [0.25, 0.3) is 11.8 Å². The van der Waals surface area contributed by atoms with Crippen molar-refractivity contribution in [3.63, 3.8) is 0 Å². The van der Waals surface area contributed by atoms with E-state index in [1.165, 1.54) is 23.6 Å². The summed E-state index contributed by atoms with van der Waals surface area (Å²) in [6, 6.07) is -4.63. The summed E-state index contributed by atoms with van der Waals surface area (Å²) in [5, 5.41) is 85.9. The molecular formula is C61H94N12O18. The van der Waals surface area contributed by atoms with E-state index in [2.05, 4.69) is 42.5 Å². The van der Waals surface area contributed by atoms with Gasteiger partial charge in [0, 0.05) is 32.5 Å². The number of hydrogen-bond donors (Lipinski definition) is 15. The standard InChI is InChI=1S/C61H94N12O18/c1-7-33(5)49-57(87)68-41(31-74)54(84)64-37(8-2)53(83)70-50(34(6)75)58(88)66-39(21-20-35-15-10-9-11-16-35)60(90)72-25-12-17-42(72)55(85)67-40(28-36(76)29-46(78)45(77)27-32(3)4)51(81)59(89)65-38(22-23-47(62)79)52(82)63-30-48(80)71-24-14-19-44(71)61(91)73-26-13-18-43(73)56(86)69-49/h8-11,15-16,32-34,36,38-46,49-51,74-78,81H,7,12-14,17-31H2,1-6H3,(H2,62,79)(H,63,82)(H,64,84)(H,65,89)(H,66,88)(H,67,85)(H,68,87)(H,69,86)(H,70,83)/b37-8+/t33-,34-,36?,38-,39+,40?,41+,42+,43?,44+,45?,46?,49-,50+,51?/m1/s1. The van der Waals surface area contributed by atoms with Crippen molar-refractivity contribution < 1.29 is 88.2 Å². The molecule has 30 heteroatoms. The van der Waals surface area contributed by atoms with Crippen molar-refractivity contribution in [1.82, 2.24) is 57.2 Å². The van der Waals surface area contributed by atoms with Crippen molar-refractivity contribution in [3.05, 3.63) is 47.7 Å². The topological polar surface area (TPSA) is 458 Å². The number of nitrogens with one attached hydrogen (secondary N) is 8. The lowest BCUT2D eigenvalue weighted by Crippen LogP contribution is -2.61. The van der Waals surface area contributed by atoms with Gasteiger partial charge in [0.05, 0.1) is 43.6 Å². The van der Waals surface area contributed by atoms with Gasteiger partial charge in [-0.2, -0.15) is 0 Å². The quantitative estimate of drug-likeness (QED) is 0.0655. The molecule has 5 rings (SSSR count). The van der Waals surface area contributed by atoms with Crippen LogP contribution in [0.1, 0.15) is 131 Å². The minimum absolute atomic E-state index is 0.00613. The number of benzene rings is 1. The van der Waals surface area contributed by atoms with Crippen molar-refractivity contribution in [2.45, 2.75) is 216 Å². The van der Waals surface area contributed by atoms with Gasteiger partial charge in [-0.1, -0.05) is 70.5 Å². The maximum Gasteiger partial charge on any atom is 0.268 e. The molecule has 4 heterocycles. The molecule has 506 valence electrons. The first-order valence-corrected chi connectivity index (χ1v) is 31.4. The van der Waals surface area contributed by atoms with Gasteiger partial charge >= 0.3 is 0 Å². The van der Waals surface area contributed by atoms with E-state index in [4.69, 9.17) is 5.73 Å². The number of nitrogens with two attached hydrogens (primary N) is 1. The van der Waals surface area contributed by atoms with Crippen LogP contribution in [0.15, 0.2) is 42.1 Å². The second-order valence-corrected chi connectivity index (χ2v) is 24.4. The Labute approximate surface area is 529 Å². The molecule has 6 unspecified atom stereocenters. The van der Waals surface area contributed by atoms with Crippen LogP contribution in [-0.2, 0) is 64.0 Å². The first-order valence-electron chi connectivity index (χ1n) is 31.4. The van der Waals surface area contributed by atoms with Gasteiger partial charge in [0.1, 0.15) is 54.0 Å². The SMILES string of the molecule is C/C=C1/NC(=O)[C@H](CO)NC(=O)[C@@H]([C@H](C)CC)NC(=O)C2CCCN2C(=O)[C@@H]2CCCN2C(=O)CNC(=O)[C@@H](CCC(N)=O)NC(=O)C(O)C(CC(O)CC(O)C(O)CC(C)C)NC(=O)[C@@H]2CCCN2C(=O)[C@H](CCc2ccccc2)NC(=O)[C@H]([C@@H](C)O)NC1=O. The third-order valence-corrected chi connectivity index (χ3v) is 17.1. The molecule has 0 saturated carbocycles. The fourth-order valence-electron chi connectivity index (χ4n) is 11.7. The second-order valence-electron chi connectivity index (χ2n) is 24.4. The number of primary amides is 1. The first-order chi connectivity index (χ1) is 43.1. The van der Waals surface area contributed by atoms with E-state index in [0.29, 0.717) is 19.3 Å². The van der Waals surface area contributed by atoms with E-state index >= 15 is 0 Å². The molecule has 0 aliphatic carbocycles. The summed E-state index contributed by atoms with van der Waals surface area (Å²) in [4.78, 5) is 172. The highest BCUT2D eigenvalue weighted by molar-refractivity contribution is 6.03. The molecule has 12 amide bonds. The summed E-state index contributed by atoms with van der Waals surface area (Å²) in [5.74, 6) is -12.0. The highest BCUT2D eigenvalue weighted by Crippen LogP contribution is 2.27. The van der Waals surface area contributed by atoms with Gasteiger partial charge in [0.2, 0.25) is 59.1 Å². The number of carbonyl (C=O) groups excluding carboxylic acids is 12. The number of hydrogen-bond acceptors (Lipinski definition) is 18. The third-order valence-electron chi connectivity index (χ3n) is 17.1. The van der Waals surface area contributed by atoms with Gasteiger partial charge in [-0.3, -0.25) is 57.5 Å². The number of nitrogens with zero attached hydrogens (tertiary/aromatic N) is 3. The van der Waals surface area contributed by atoms with Crippen molar-refractivity contribution in [3.8, 4) is 0 Å². The van der Waals surface area contributed by atoms with Crippen LogP contribution < -0.4 is 48.3 Å². The van der Waals surface area contributed by atoms with Gasteiger partial charge in [-0.25, -0.2) is 0 Å².